The van der Waals surface area contributed by atoms with Crippen molar-refractivity contribution in [2.75, 3.05) is 5.32 Å². The molecule has 0 radical (unpaired) electrons. The zero-order valence-corrected chi connectivity index (χ0v) is 12.8. The van der Waals surface area contributed by atoms with Crippen molar-refractivity contribution in [1.29, 1.82) is 0 Å². The van der Waals surface area contributed by atoms with Crippen LogP contribution in [0.2, 0.25) is 0 Å². The summed E-state index contributed by atoms with van der Waals surface area (Å²) in [6.07, 6.45) is 3.60. The van der Waals surface area contributed by atoms with Crippen LogP contribution in [0.1, 0.15) is 26.3 Å². The number of carbonyl (C=O) groups is 2. The Morgan fingerprint density at radius 3 is 2.46 bits per heavy atom. The summed E-state index contributed by atoms with van der Waals surface area (Å²) in [5, 5.41) is 6.86. The van der Waals surface area contributed by atoms with Gasteiger partial charge in [0.05, 0.1) is 17.8 Å². The fraction of sp³-hybridized carbons (Fsp3) is 0.0556. The second-order valence-corrected chi connectivity index (χ2v) is 5.26. The average Bonchev–Trinajstić information content (AvgIpc) is 3.09. The van der Waals surface area contributed by atoms with Crippen LogP contribution in [0.25, 0.3) is 0 Å². The molecular weight excluding hydrogens is 304 g/mol. The van der Waals surface area contributed by atoms with Crippen molar-refractivity contribution >= 4 is 17.5 Å². The zero-order valence-electron chi connectivity index (χ0n) is 12.8. The molecule has 3 rings (SSSR count). The lowest BCUT2D eigenvalue weighted by Gasteiger charge is -2.09. The van der Waals surface area contributed by atoms with Crippen LogP contribution in [-0.2, 0) is 6.54 Å². The maximum atomic E-state index is 12.3. The van der Waals surface area contributed by atoms with E-state index in [4.69, 9.17) is 5.73 Å². The van der Waals surface area contributed by atoms with E-state index in [9.17, 15) is 9.59 Å². The fourth-order valence-corrected chi connectivity index (χ4v) is 2.34. The minimum atomic E-state index is -0.583. The first-order chi connectivity index (χ1) is 11.6. The summed E-state index contributed by atoms with van der Waals surface area (Å²) in [6, 6.07) is 15.7. The van der Waals surface area contributed by atoms with Gasteiger partial charge in [0, 0.05) is 18.0 Å². The SMILES string of the molecule is NC(=O)c1ccccc1NC(=O)c1ccc(Cn2cccn2)cc1. The maximum absolute atomic E-state index is 12.3. The number of primary amides is 1. The Morgan fingerprint density at radius 2 is 1.79 bits per heavy atom. The Balaban J connectivity index is 1.73. The first-order valence-electron chi connectivity index (χ1n) is 7.40. The molecule has 24 heavy (non-hydrogen) atoms. The molecule has 120 valence electrons. The standard InChI is InChI=1S/C18H16N4O2/c19-17(23)15-4-1-2-5-16(15)21-18(24)14-8-6-13(7-9-14)12-22-11-3-10-20-22/h1-11H,12H2,(H2,19,23)(H,21,24). The van der Waals surface area contributed by atoms with Crippen LogP contribution in [0.15, 0.2) is 67.0 Å². The predicted molar refractivity (Wildman–Crippen MR) is 90.7 cm³/mol. The summed E-state index contributed by atoms with van der Waals surface area (Å²) < 4.78 is 1.80. The van der Waals surface area contributed by atoms with Crippen molar-refractivity contribution in [2.45, 2.75) is 6.54 Å². The van der Waals surface area contributed by atoms with Crippen molar-refractivity contribution in [2.24, 2.45) is 5.73 Å². The highest BCUT2D eigenvalue weighted by molar-refractivity contribution is 6.08. The average molecular weight is 320 g/mol. The van der Waals surface area contributed by atoms with Gasteiger partial charge in [-0.25, -0.2) is 0 Å². The summed E-state index contributed by atoms with van der Waals surface area (Å²) in [4.78, 5) is 23.7. The monoisotopic (exact) mass is 320 g/mol. The third kappa shape index (κ3) is 3.49. The van der Waals surface area contributed by atoms with Crippen molar-refractivity contribution in [3.05, 3.63) is 83.7 Å². The van der Waals surface area contributed by atoms with E-state index in [-0.39, 0.29) is 11.5 Å². The number of aromatic nitrogens is 2. The van der Waals surface area contributed by atoms with Crippen LogP contribution in [0.5, 0.6) is 0 Å². The number of hydrogen-bond donors (Lipinski definition) is 2. The highest BCUT2D eigenvalue weighted by Crippen LogP contribution is 2.16. The van der Waals surface area contributed by atoms with Gasteiger partial charge in [0.15, 0.2) is 0 Å². The van der Waals surface area contributed by atoms with Gasteiger partial charge < -0.3 is 11.1 Å². The molecule has 1 heterocycles. The normalized spacial score (nSPS) is 10.3. The summed E-state index contributed by atoms with van der Waals surface area (Å²) >= 11 is 0. The predicted octanol–water partition coefficient (Wildman–Crippen LogP) is 2.28. The van der Waals surface area contributed by atoms with E-state index in [1.165, 1.54) is 0 Å². The molecule has 0 aliphatic heterocycles. The molecule has 3 N–H and O–H groups in total. The third-order valence-corrected chi connectivity index (χ3v) is 3.56. The van der Waals surface area contributed by atoms with Gasteiger partial charge in [-0.15, -0.1) is 0 Å². The highest BCUT2D eigenvalue weighted by Gasteiger charge is 2.11. The molecule has 0 aliphatic carbocycles. The Labute approximate surface area is 138 Å². The number of benzene rings is 2. The number of nitrogens with two attached hydrogens (primary N) is 1. The molecule has 0 saturated heterocycles. The molecular formula is C18H16N4O2. The number of amides is 2. The second-order valence-electron chi connectivity index (χ2n) is 5.26. The lowest BCUT2D eigenvalue weighted by Crippen LogP contribution is -2.18. The third-order valence-electron chi connectivity index (χ3n) is 3.56. The number of nitrogens with one attached hydrogen (secondary N) is 1. The minimum Gasteiger partial charge on any atom is -0.366 e. The molecule has 6 heteroatoms. The van der Waals surface area contributed by atoms with Crippen LogP contribution in [0, 0.1) is 0 Å². The van der Waals surface area contributed by atoms with Gasteiger partial charge in [-0.05, 0) is 35.9 Å². The van der Waals surface area contributed by atoms with Gasteiger partial charge in [-0.3, -0.25) is 14.3 Å². The van der Waals surface area contributed by atoms with E-state index in [1.54, 1.807) is 47.3 Å². The van der Waals surface area contributed by atoms with Gasteiger partial charge in [0.25, 0.3) is 11.8 Å². The molecule has 0 saturated carbocycles. The van der Waals surface area contributed by atoms with E-state index in [0.717, 1.165) is 5.56 Å². The smallest absolute Gasteiger partial charge is 0.255 e. The summed E-state index contributed by atoms with van der Waals surface area (Å²) in [6.45, 7) is 0.638. The molecule has 3 aromatic rings. The van der Waals surface area contributed by atoms with Crippen molar-refractivity contribution in [3.63, 3.8) is 0 Å². The van der Waals surface area contributed by atoms with E-state index in [0.29, 0.717) is 17.8 Å². The molecule has 6 nitrogen and oxygen atoms in total. The van der Waals surface area contributed by atoms with Crippen LogP contribution in [0.3, 0.4) is 0 Å². The molecule has 1 aromatic heterocycles. The quantitative estimate of drug-likeness (QED) is 0.755. The van der Waals surface area contributed by atoms with E-state index < -0.39 is 5.91 Å². The molecule has 0 unspecified atom stereocenters. The van der Waals surface area contributed by atoms with Gasteiger partial charge in [-0.1, -0.05) is 24.3 Å². The molecule has 0 aliphatic rings. The van der Waals surface area contributed by atoms with E-state index >= 15 is 0 Å². The van der Waals surface area contributed by atoms with Crippen molar-refractivity contribution < 1.29 is 9.59 Å². The van der Waals surface area contributed by atoms with Crippen LogP contribution >= 0.6 is 0 Å². The van der Waals surface area contributed by atoms with E-state index in [2.05, 4.69) is 10.4 Å². The molecule has 0 bridgehead atoms. The maximum Gasteiger partial charge on any atom is 0.255 e. The van der Waals surface area contributed by atoms with Gasteiger partial charge in [0.2, 0.25) is 0 Å². The number of nitrogens with zero attached hydrogens (tertiary/aromatic N) is 2. The topological polar surface area (TPSA) is 90.0 Å². The summed E-state index contributed by atoms with van der Waals surface area (Å²) in [5.74, 6) is -0.880. The first-order valence-corrected chi connectivity index (χ1v) is 7.40. The molecule has 0 spiro atoms. The summed E-state index contributed by atoms with van der Waals surface area (Å²) in [7, 11) is 0. The number of para-hydroxylation sites is 1. The van der Waals surface area contributed by atoms with E-state index in [1.807, 2.05) is 24.4 Å². The van der Waals surface area contributed by atoms with Crippen LogP contribution < -0.4 is 11.1 Å². The van der Waals surface area contributed by atoms with Crippen LogP contribution in [-0.4, -0.2) is 21.6 Å². The number of anilines is 1. The number of carbonyl (C=O) groups excluding carboxylic acids is 2. The van der Waals surface area contributed by atoms with Crippen molar-refractivity contribution in [3.8, 4) is 0 Å². The largest absolute Gasteiger partial charge is 0.366 e. The minimum absolute atomic E-state index is 0.279. The van der Waals surface area contributed by atoms with Crippen molar-refractivity contribution in [1.82, 2.24) is 9.78 Å². The lowest BCUT2D eigenvalue weighted by atomic mass is 10.1. The second kappa shape index (κ2) is 6.78. The highest BCUT2D eigenvalue weighted by atomic mass is 16.2. The van der Waals surface area contributed by atoms with Gasteiger partial charge >= 0.3 is 0 Å². The van der Waals surface area contributed by atoms with Gasteiger partial charge in [-0.2, -0.15) is 5.10 Å². The number of rotatable bonds is 5. The Morgan fingerprint density at radius 1 is 1.04 bits per heavy atom. The van der Waals surface area contributed by atoms with Gasteiger partial charge in [0.1, 0.15) is 0 Å². The molecule has 0 fully saturated rings. The number of hydrogen-bond acceptors (Lipinski definition) is 3. The lowest BCUT2D eigenvalue weighted by molar-refractivity contribution is 0.100. The van der Waals surface area contributed by atoms with Crippen LogP contribution in [0.4, 0.5) is 5.69 Å². The fourth-order valence-electron chi connectivity index (χ4n) is 2.34. The Bertz CT molecular complexity index is 855. The first kappa shape index (κ1) is 15.5. The molecule has 2 amide bonds. The summed E-state index contributed by atoms with van der Waals surface area (Å²) in [5.41, 5.74) is 7.53. The molecule has 0 atom stereocenters. The zero-order chi connectivity index (χ0) is 16.9. The Hall–Kier alpha value is -3.41. The Kier molecular flexibility index (Phi) is 4.38. The molecule has 2 aromatic carbocycles.